The summed E-state index contributed by atoms with van der Waals surface area (Å²) in [5.41, 5.74) is 0. The first-order valence-corrected chi connectivity index (χ1v) is 37.9. The molecule has 3 saturated heterocycles. The molecular formula is C72H136N2O21. The summed E-state index contributed by atoms with van der Waals surface area (Å²) in [6, 6.07) is -2.52. The van der Waals surface area contributed by atoms with Gasteiger partial charge in [-0.2, -0.15) is 0 Å². The summed E-state index contributed by atoms with van der Waals surface area (Å²) in [5.74, 6) is -6.09. The van der Waals surface area contributed by atoms with E-state index in [1.807, 2.05) is 0 Å². The van der Waals surface area contributed by atoms with E-state index in [4.69, 9.17) is 28.4 Å². The first-order valence-electron chi connectivity index (χ1n) is 37.9. The van der Waals surface area contributed by atoms with Gasteiger partial charge in [0.05, 0.1) is 50.7 Å². The van der Waals surface area contributed by atoms with Crippen LogP contribution in [-0.2, 0) is 42.8 Å². The lowest BCUT2D eigenvalue weighted by Crippen LogP contribution is -2.70. The average Bonchev–Trinajstić information content (AvgIpc) is 0.757. The third-order valence-electron chi connectivity index (χ3n) is 19.6. The molecule has 0 radical (unpaired) electrons. The summed E-state index contributed by atoms with van der Waals surface area (Å²) < 4.78 is 34.9. The van der Waals surface area contributed by atoms with Crippen molar-refractivity contribution in [2.45, 2.75) is 413 Å². The van der Waals surface area contributed by atoms with E-state index in [1.165, 1.54) is 205 Å². The number of hydrogen-bond acceptors (Lipinski definition) is 20. The lowest BCUT2D eigenvalue weighted by molar-refractivity contribution is -0.386. The number of carbonyl (C=O) groups is 3. The monoisotopic (exact) mass is 1360 g/mol. The van der Waals surface area contributed by atoms with Crippen molar-refractivity contribution in [3.63, 3.8) is 0 Å². The van der Waals surface area contributed by atoms with Crippen LogP contribution in [0.25, 0.3) is 0 Å². The minimum absolute atomic E-state index is 0.229. The molecule has 95 heavy (non-hydrogen) atoms. The molecule has 0 aromatic heterocycles. The Morgan fingerprint density at radius 2 is 0.916 bits per heavy atom. The van der Waals surface area contributed by atoms with Gasteiger partial charge in [0.2, 0.25) is 11.8 Å². The zero-order valence-electron chi connectivity index (χ0n) is 58.8. The number of carboxylic acid groups (broad SMARTS) is 1. The quantitative estimate of drug-likeness (QED) is 0.0254. The lowest BCUT2D eigenvalue weighted by atomic mass is 9.88. The number of unbranched alkanes of at least 4 members (excludes halogenated alkanes) is 39. The summed E-state index contributed by atoms with van der Waals surface area (Å²) in [5, 5.41) is 136. The molecule has 0 aliphatic carbocycles. The van der Waals surface area contributed by atoms with Crippen LogP contribution in [0.5, 0.6) is 0 Å². The molecule has 3 heterocycles. The number of nitrogens with one attached hydrogen (secondary N) is 2. The standard InChI is InChI=1S/C72H136N2O21/c1-4-6-8-10-12-14-16-18-20-22-23-24-25-26-27-28-29-30-31-33-35-37-39-41-43-45-54(79)53(74-59(82)46-44-42-40-38-36-34-32-21-19-17-15-13-11-9-7-5-2)51-90-69-64(86)63(85)66(58(50-77)92-69)93-70-65(87)68(62(84)57(49-76)91-70)95-72(71(88)89)47-55(80)60(73-52(3)78)67(94-72)61(83)56(81)48-75/h53-58,60-70,75-77,79-81,83-87H,4-51H2,1-3H3,(H,73,78)(H,74,82)(H,88,89). The van der Waals surface area contributed by atoms with Crippen LogP contribution in [0, 0.1) is 0 Å². The second kappa shape index (κ2) is 52.7. The Morgan fingerprint density at radius 3 is 1.32 bits per heavy atom. The molecule has 2 amide bonds. The molecule has 23 heteroatoms. The van der Waals surface area contributed by atoms with E-state index in [0.29, 0.717) is 19.3 Å². The molecular weight excluding hydrogens is 1230 g/mol. The van der Waals surface area contributed by atoms with Crippen LogP contribution in [-0.4, -0.2) is 215 Å². The van der Waals surface area contributed by atoms with Crippen molar-refractivity contribution in [2.24, 2.45) is 0 Å². The number of amides is 2. The molecule has 3 aliphatic rings. The van der Waals surface area contributed by atoms with Gasteiger partial charge >= 0.3 is 5.97 Å². The average molecular weight is 1370 g/mol. The fourth-order valence-corrected chi connectivity index (χ4v) is 13.5. The second-order valence-corrected chi connectivity index (χ2v) is 27.9. The zero-order valence-corrected chi connectivity index (χ0v) is 58.8. The van der Waals surface area contributed by atoms with Gasteiger partial charge in [0.1, 0.15) is 67.1 Å². The molecule has 3 rings (SSSR count). The summed E-state index contributed by atoms with van der Waals surface area (Å²) in [4.78, 5) is 38.6. The largest absolute Gasteiger partial charge is 0.477 e. The maximum Gasteiger partial charge on any atom is 0.364 e. The first kappa shape index (κ1) is 86.9. The topological polar surface area (TPSA) is 373 Å². The van der Waals surface area contributed by atoms with Crippen molar-refractivity contribution in [1.82, 2.24) is 10.6 Å². The number of ether oxygens (including phenoxy) is 6. The molecule has 0 aromatic carbocycles. The number of aliphatic carboxylic acids is 1. The molecule has 14 N–H and O–H groups in total. The van der Waals surface area contributed by atoms with E-state index in [0.717, 1.165) is 51.9 Å². The van der Waals surface area contributed by atoms with Crippen molar-refractivity contribution in [2.75, 3.05) is 26.4 Å². The zero-order chi connectivity index (χ0) is 69.6. The Bertz CT molecular complexity index is 1910. The van der Waals surface area contributed by atoms with Crippen molar-refractivity contribution in [3.8, 4) is 0 Å². The second-order valence-electron chi connectivity index (χ2n) is 27.9. The van der Waals surface area contributed by atoms with E-state index < -0.39 is 148 Å². The molecule has 3 fully saturated rings. The molecule has 0 aromatic rings. The fraction of sp³-hybridized carbons (Fsp3) is 0.958. The van der Waals surface area contributed by atoms with Gasteiger partial charge in [-0.1, -0.05) is 271 Å². The van der Waals surface area contributed by atoms with Crippen LogP contribution in [0.1, 0.15) is 303 Å². The van der Waals surface area contributed by atoms with E-state index in [1.54, 1.807) is 0 Å². The van der Waals surface area contributed by atoms with Gasteiger partial charge in [0.15, 0.2) is 12.6 Å². The third kappa shape index (κ3) is 34.3. The van der Waals surface area contributed by atoms with Crippen LogP contribution >= 0.6 is 0 Å². The minimum atomic E-state index is -3.08. The van der Waals surface area contributed by atoms with Crippen LogP contribution in [0.2, 0.25) is 0 Å². The van der Waals surface area contributed by atoms with E-state index in [2.05, 4.69) is 24.5 Å². The first-order chi connectivity index (χ1) is 45.9. The van der Waals surface area contributed by atoms with Crippen LogP contribution in [0.3, 0.4) is 0 Å². The predicted octanol–water partition coefficient (Wildman–Crippen LogP) is 8.46. The summed E-state index contributed by atoms with van der Waals surface area (Å²) in [6.45, 7) is 2.25. The minimum Gasteiger partial charge on any atom is -0.477 e. The van der Waals surface area contributed by atoms with Gasteiger partial charge in [0.25, 0.3) is 5.79 Å². The van der Waals surface area contributed by atoms with E-state index in [-0.39, 0.29) is 18.9 Å². The highest BCUT2D eigenvalue weighted by atomic mass is 16.8. The fourth-order valence-electron chi connectivity index (χ4n) is 13.5. The highest BCUT2D eigenvalue weighted by Crippen LogP contribution is 2.39. The highest BCUT2D eigenvalue weighted by molar-refractivity contribution is 5.77. The van der Waals surface area contributed by atoms with Gasteiger partial charge in [-0.3, -0.25) is 9.59 Å². The van der Waals surface area contributed by atoms with Crippen LogP contribution in [0.4, 0.5) is 0 Å². The normalized spacial score (nSPS) is 27.7. The van der Waals surface area contributed by atoms with Crippen molar-refractivity contribution in [1.29, 1.82) is 0 Å². The summed E-state index contributed by atoms with van der Waals surface area (Å²) >= 11 is 0. The predicted molar refractivity (Wildman–Crippen MR) is 362 cm³/mol. The van der Waals surface area contributed by atoms with Crippen LogP contribution < -0.4 is 10.6 Å². The molecule has 18 atom stereocenters. The molecule has 0 bridgehead atoms. The smallest absolute Gasteiger partial charge is 0.364 e. The summed E-state index contributed by atoms with van der Waals surface area (Å²) in [6.07, 6.45) is 22.4. The lowest BCUT2D eigenvalue weighted by Gasteiger charge is -2.50. The number of aliphatic hydroxyl groups excluding tert-OH is 11. The van der Waals surface area contributed by atoms with E-state index in [9.17, 15) is 75.7 Å². The van der Waals surface area contributed by atoms with E-state index >= 15 is 0 Å². The molecule has 0 spiro atoms. The Balaban J connectivity index is 1.54. The number of rotatable bonds is 59. The van der Waals surface area contributed by atoms with Gasteiger partial charge in [-0.25, -0.2) is 4.79 Å². The van der Waals surface area contributed by atoms with Crippen molar-refractivity contribution >= 4 is 17.8 Å². The number of carboxylic acids is 1. The summed E-state index contributed by atoms with van der Waals surface area (Å²) in [7, 11) is 0. The Hall–Kier alpha value is -2.27. The van der Waals surface area contributed by atoms with Gasteiger partial charge in [-0.15, -0.1) is 0 Å². The van der Waals surface area contributed by atoms with Gasteiger partial charge < -0.3 is 100 Å². The van der Waals surface area contributed by atoms with Gasteiger partial charge in [-0.05, 0) is 12.8 Å². The van der Waals surface area contributed by atoms with Gasteiger partial charge in [0, 0.05) is 19.8 Å². The molecule has 23 nitrogen and oxygen atoms in total. The SMILES string of the molecule is CCCCCCCCCCCCCCCCCCCCCCCCCCCC(O)C(COC1OC(CO)C(OC2OC(CO)C(O)C(OC3(C(=O)O)CC(O)C(NC(C)=O)C(C(O)C(O)CO)O3)C2O)C(O)C1O)NC(=O)CCCCCCCCCCCCCCCCCC. The number of aliphatic hydroxyl groups is 11. The maximum absolute atomic E-state index is 13.5. The molecule has 3 aliphatic heterocycles. The Labute approximate surface area is 569 Å². The highest BCUT2D eigenvalue weighted by Gasteiger charge is 2.60. The third-order valence-corrected chi connectivity index (χ3v) is 19.6. The van der Waals surface area contributed by atoms with Crippen molar-refractivity contribution in [3.05, 3.63) is 0 Å². The Kier molecular flexibility index (Phi) is 48.2. The van der Waals surface area contributed by atoms with Crippen LogP contribution in [0.15, 0.2) is 0 Å². The number of carbonyl (C=O) groups excluding carboxylic acids is 2. The van der Waals surface area contributed by atoms with Crippen molar-refractivity contribution < 1.29 is 104 Å². The maximum atomic E-state index is 13.5. The molecule has 560 valence electrons. The molecule has 18 unspecified atom stereocenters. The molecule has 0 saturated carbocycles. The number of hydrogen-bond donors (Lipinski definition) is 14. The Morgan fingerprint density at radius 1 is 0.505 bits per heavy atom.